The van der Waals surface area contributed by atoms with Crippen molar-refractivity contribution in [2.24, 2.45) is 0 Å². The number of rotatable bonds is 3. The molecular weight excluding hydrogens is 232 g/mol. The number of aromatic carboxylic acids is 1. The molecule has 2 rings (SSSR count). The van der Waals surface area contributed by atoms with Crippen LogP contribution in [0.3, 0.4) is 0 Å². The van der Waals surface area contributed by atoms with Gasteiger partial charge in [-0.15, -0.1) is 0 Å². The van der Waals surface area contributed by atoms with Crippen molar-refractivity contribution in [3.8, 4) is 0 Å². The summed E-state index contributed by atoms with van der Waals surface area (Å²) in [5, 5.41) is 11.8. The molecule has 1 saturated heterocycles. The molecule has 1 aliphatic heterocycles. The normalized spacial score (nSPS) is 18.1. The fourth-order valence-corrected chi connectivity index (χ4v) is 2.11. The molecule has 1 aromatic carbocycles. The maximum atomic E-state index is 11.3. The van der Waals surface area contributed by atoms with E-state index in [-0.39, 0.29) is 11.5 Å². The van der Waals surface area contributed by atoms with Crippen LogP contribution in [0.15, 0.2) is 18.2 Å². The van der Waals surface area contributed by atoms with E-state index in [2.05, 4.69) is 17.1 Å². The number of amides is 1. The maximum Gasteiger partial charge on any atom is 0.337 e. The van der Waals surface area contributed by atoms with E-state index in [1.54, 1.807) is 12.1 Å². The molecule has 5 nitrogen and oxygen atoms in total. The third-order valence-electron chi connectivity index (χ3n) is 3.18. The number of carboxylic acids is 1. The Kier molecular flexibility index (Phi) is 3.23. The Balaban J connectivity index is 2.35. The third-order valence-corrected chi connectivity index (χ3v) is 3.18. The molecule has 1 aromatic rings. The molecule has 1 unspecified atom stereocenters. The number of carboxylic acid groups (broad SMARTS) is 1. The van der Waals surface area contributed by atoms with Crippen LogP contribution in [0, 0.1) is 0 Å². The van der Waals surface area contributed by atoms with Crippen molar-refractivity contribution in [1.29, 1.82) is 0 Å². The third kappa shape index (κ3) is 2.30. The molecule has 1 fully saturated rings. The first-order valence-electron chi connectivity index (χ1n) is 5.90. The Hall–Kier alpha value is -2.04. The van der Waals surface area contributed by atoms with Crippen LogP contribution >= 0.6 is 0 Å². The van der Waals surface area contributed by atoms with Gasteiger partial charge in [0.15, 0.2) is 0 Å². The van der Waals surface area contributed by atoms with E-state index in [1.165, 1.54) is 13.0 Å². The summed E-state index contributed by atoms with van der Waals surface area (Å²) in [5.74, 6) is -1.19. The minimum Gasteiger partial charge on any atom is -0.478 e. The summed E-state index contributed by atoms with van der Waals surface area (Å²) in [7, 11) is 0. The summed E-state index contributed by atoms with van der Waals surface area (Å²) in [4.78, 5) is 24.3. The molecule has 1 aliphatic rings. The Bertz CT molecular complexity index is 499. The fraction of sp³-hybridized carbons (Fsp3) is 0.385. The van der Waals surface area contributed by atoms with Crippen molar-refractivity contribution < 1.29 is 14.7 Å². The summed E-state index contributed by atoms with van der Waals surface area (Å²) >= 11 is 0. The maximum absolute atomic E-state index is 11.3. The summed E-state index contributed by atoms with van der Waals surface area (Å²) < 4.78 is 0. The van der Waals surface area contributed by atoms with Crippen LogP contribution < -0.4 is 10.2 Å². The van der Waals surface area contributed by atoms with Crippen molar-refractivity contribution in [3.63, 3.8) is 0 Å². The molecule has 96 valence electrons. The van der Waals surface area contributed by atoms with E-state index >= 15 is 0 Å². The lowest BCUT2D eigenvalue weighted by Crippen LogP contribution is -2.46. The Morgan fingerprint density at radius 1 is 1.44 bits per heavy atom. The monoisotopic (exact) mass is 248 g/mol. The van der Waals surface area contributed by atoms with E-state index in [0.717, 1.165) is 18.7 Å². The number of hydrogen-bond acceptors (Lipinski definition) is 3. The van der Waals surface area contributed by atoms with Gasteiger partial charge in [0.25, 0.3) is 0 Å². The van der Waals surface area contributed by atoms with Crippen molar-refractivity contribution >= 4 is 23.3 Å². The molecule has 1 heterocycles. The zero-order chi connectivity index (χ0) is 13.3. The zero-order valence-corrected chi connectivity index (χ0v) is 10.4. The van der Waals surface area contributed by atoms with E-state index in [1.807, 2.05) is 0 Å². The molecule has 1 atom stereocenters. The Labute approximate surface area is 105 Å². The lowest BCUT2D eigenvalue weighted by molar-refractivity contribution is -0.114. The second-order valence-electron chi connectivity index (χ2n) is 4.55. The zero-order valence-electron chi connectivity index (χ0n) is 10.4. The summed E-state index contributed by atoms with van der Waals surface area (Å²) in [6, 6.07) is 5.36. The van der Waals surface area contributed by atoms with Crippen molar-refractivity contribution in [2.75, 3.05) is 16.8 Å². The predicted molar refractivity (Wildman–Crippen MR) is 69.1 cm³/mol. The van der Waals surface area contributed by atoms with Crippen LogP contribution in [0.1, 0.15) is 30.6 Å². The minimum atomic E-state index is -0.976. The highest BCUT2D eigenvalue weighted by molar-refractivity contribution is 5.98. The average Bonchev–Trinajstić information content (AvgIpc) is 2.28. The van der Waals surface area contributed by atoms with E-state index in [0.29, 0.717) is 11.7 Å². The standard InChI is InChI=1S/C13H16N2O3/c1-8-5-6-15(8)12-4-3-10(14-9(2)16)7-11(12)13(17)18/h3-4,7-8H,5-6H2,1-2H3,(H,14,16)(H,17,18). The van der Waals surface area contributed by atoms with Crippen molar-refractivity contribution in [2.45, 2.75) is 26.3 Å². The van der Waals surface area contributed by atoms with Gasteiger partial charge in [0.05, 0.1) is 11.3 Å². The SMILES string of the molecule is CC(=O)Nc1ccc(N2CCC2C)c(C(=O)O)c1. The van der Waals surface area contributed by atoms with Gasteiger partial charge in [-0.3, -0.25) is 4.79 Å². The minimum absolute atomic E-state index is 0.212. The van der Waals surface area contributed by atoms with Gasteiger partial charge in [-0.1, -0.05) is 0 Å². The molecule has 0 saturated carbocycles. The molecule has 0 aliphatic carbocycles. The van der Waals surface area contributed by atoms with Gasteiger partial charge >= 0.3 is 5.97 Å². The molecule has 2 N–H and O–H groups in total. The Morgan fingerprint density at radius 3 is 2.61 bits per heavy atom. The molecule has 1 amide bonds. The largest absolute Gasteiger partial charge is 0.478 e. The van der Waals surface area contributed by atoms with Gasteiger partial charge in [0.2, 0.25) is 5.91 Å². The molecule has 0 bridgehead atoms. The number of carbonyl (C=O) groups is 2. The molecule has 5 heteroatoms. The molecule has 0 aromatic heterocycles. The second kappa shape index (κ2) is 4.68. The number of nitrogens with one attached hydrogen (secondary N) is 1. The predicted octanol–water partition coefficient (Wildman–Crippen LogP) is 1.94. The lowest BCUT2D eigenvalue weighted by Gasteiger charge is -2.41. The first kappa shape index (κ1) is 12.4. The highest BCUT2D eigenvalue weighted by atomic mass is 16.4. The molecule has 0 spiro atoms. The summed E-state index contributed by atoms with van der Waals surface area (Å²) in [5.41, 5.74) is 1.46. The van der Waals surface area contributed by atoms with Gasteiger partial charge < -0.3 is 15.3 Å². The Morgan fingerprint density at radius 2 is 2.17 bits per heavy atom. The number of carbonyl (C=O) groups excluding carboxylic acids is 1. The average molecular weight is 248 g/mol. The van der Waals surface area contributed by atoms with Crippen molar-refractivity contribution in [1.82, 2.24) is 0 Å². The first-order chi connectivity index (χ1) is 8.49. The van der Waals surface area contributed by atoms with Gasteiger partial charge in [0, 0.05) is 25.2 Å². The van der Waals surface area contributed by atoms with E-state index < -0.39 is 5.97 Å². The molecule has 18 heavy (non-hydrogen) atoms. The van der Waals surface area contributed by atoms with E-state index in [9.17, 15) is 14.7 Å². The number of benzene rings is 1. The van der Waals surface area contributed by atoms with Gasteiger partial charge in [-0.25, -0.2) is 4.79 Å². The molecule has 0 radical (unpaired) electrons. The van der Waals surface area contributed by atoms with Crippen LogP contribution in [0.4, 0.5) is 11.4 Å². The second-order valence-corrected chi connectivity index (χ2v) is 4.55. The van der Waals surface area contributed by atoms with Gasteiger partial charge in [-0.05, 0) is 31.5 Å². The van der Waals surface area contributed by atoms with Crippen LogP contribution in [0.25, 0.3) is 0 Å². The summed E-state index contributed by atoms with van der Waals surface area (Å²) in [6.07, 6.45) is 1.08. The van der Waals surface area contributed by atoms with Crippen LogP contribution in [0.5, 0.6) is 0 Å². The number of nitrogens with zero attached hydrogens (tertiary/aromatic N) is 1. The number of anilines is 2. The van der Waals surface area contributed by atoms with Gasteiger partial charge in [-0.2, -0.15) is 0 Å². The van der Waals surface area contributed by atoms with E-state index in [4.69, 9.17) is 0 Å². The highest BCUT2D eigenvalue weighted by Gasteiger charge is 2.27. The van der Waals surface area contributed by atoms with Crippen molar-refractivity contribution in [3.05, 3.63) is 23.8 Å². The summed E-state index contributed by atoms with van der Waals surface area (Å²) in [6.45, 7) is 4.34. The fourth-order valence-electron chi connectivity index (χ4n) is 2.11. The van der Waals surface area contributed by atoms with Gasteiger partial charge in [0.1, 0.15) is 0 Å². The highest BCUT2D eigenvalue weighted by Crippen LogP contribution is 2.31. The topological polar surface area (TPSA) is 69.6 Å². The van der Waals surface area contributed by atoms with Crippen LogP contribution in [-0.4, -0.2) is 29.6 Å². The van der Waals surface area contributed by atoms with Crippen LogP contribution in [0.2, 0.25) is 0 Å². The quantitative estimate of drug-likeness (QED) is 0.857. The number of hydrogen-bond donors (Lipinski definition) is 2. The first-order valence-corrected chi connectivity index (χ1v) is 5.90. The lowest BCUT2D eigenvalue weighted by atomic mass is 10.0. The molecular formula is C13H16N2O3. The van der Waals surface area contributed by atoms with Crippen LogP contribution in [-0.2, 0) is 4.79 Å². The smallest absolute Gasteiger partial charge is 0.337 e.